The molecule has 6 heteroatoms. The van der Waals surface area contributed by atoms with Crippen LogP contribution in [0.1, 0.15) is 5.69 Å². The summed E-state index contributed by atoms with van der Waals surface area (Å²) in [4.78, 5) is 20.4. The van der Waals surface area contributed by atoms with Gasteiger partial charge in [0, 0.05) is 32.2 Å². The van der Waals surface area contributed by atoms with E-state index in [9.17, 15) is 0 Å². The molecule has 6 nitrogen and oxygen atoms in total. The number of anilines is 1. The Kier molecular flexibility index (Phi) is 3.65. The minimum Gasteiger partial charge on any atom is -0.347 e. The Balaban J connectivity index is 2.02. The number of imidazole rings is 1. The number of pyridine rings is 2. The van der Waals surface area contributed by atoms with Gasteiger partial charge < -0.3 is 4.90 Å². The quantitative estimate of drug-likeness (QED) is 0.577. The monoisotopic (exact) mass is 330 g/mol. The fourth-order valence-corrected chi connectivity index (χ4v) is 2.79. The smallest absolute Gasteiger partial charge is 0.225 e. The van der Waals surface area contributed by atoms with Gasteiger partial charge in [0.15, 0.2) is 0 Å². The SMILES string of the molecule is Cc1cccc(-c2nc3ccccn3c2-c2ccnc(N(C)C)n2)n1. The molecule has 0 bridgehead atoms. The van der Waals surface area contributed by atoms with Crippen molar-refractivity contribution in [3.05, 3.63) is 60.6 Å². The average Bonchev–Trinajstić information content (AvgIpc) is 3.01. The standard InChI is InChI=1S/C19H18N6/c1-13-7-6-8-14(21-13)17-18(25-12-5-4-9-16(25)23-17)15-10-11-20-19(22-15)24(2)3/h4-12H,1-3H3. The van der Waals surface area contributed by atoms with E-state index >= 15 is 0 Å². The molecule has 0 aromatic carbocycles. The molecule has 0 saturated heterocycles. The first-order chi connectivity index (χ1) is 12.1. The van der Waals surface area contributed by atoms with E-state index in [1.807, 2.05) is 79.0 Å². The minimum atomic E-state index is 0.659. The van der Waals surface area contributed by atoms with Gasteiger partial charge in [-0.3, -0.25) is 9.38 Å². The van der Waals surface area contributed by atoms with Gasteiger partial charge >= 0.3 is 0 Å². The summed E-state index contributed by atoms with van der Waals surface area (Å²) >= 11 is 0. The van der Waals surface area contributed by atoms with Gasteiger partial charge in [0.2, 0.25) is 5.95 Å². The van der Waals surface area contributed by atoms with Crippen LogP contribution in [-0.2, 0) is 0 Å². The number of aromatic nitrogens is 5. The Morgan fingerprint density at radius 2 is 1.76 bits per heavy atom. The third-order valence-corrected chi connectivity index (χ3v) is 3.95. The topological polar surface area (TPSA) is 59.2 Å². The zero-order chi connectivity index (χ0) is 17.4. The first-order valence-corrected chi connectivity index (χ1v) is 8.05. The van der Waals surface area contributed by atoms with Crippen LogP contribution < -0.4 is 4.90 Å². The van der Waals surface area contributed by atoms with Crippen LogP contribution in [0, 0.1) is 6.92 Å². The van der Waals surface area contributed by atoms with Gasteiger partial charge in [-0.25, -0.2) is 15.0 Å². The molecule has 0 amide bonds. The van der Waals surface area contributed by atoms with Crippen molar-refractivity contribution in [1.29, 1.82) is 0 Å². The summed E-state index contributed by atoms with van der Waals surface area (Å²) in [5, 5.41) is 0. The molecule has 0 aliphatic heterocycles. The zero-order valence-corrected chi connectivity index (χ0v) is 14.4. The Bertz CT molecular complexity index is 1050. The molecule has 0 fully saturated rings. The fourth-order valence-electron chi connectivity index (χ4n) is 2.79. The first-order valence-electron chi connectivity index (χ1n) is 8.05. The summed E-state index contributed by atoms with van der Waals surface area (Å²) in [6.45, 7) is 1.98. The van der Waals surface area contributed by atoms with Crippen LogP contribution in [0.5, 0.6) is 0 Å². The Morgan fingerprint density at radius 3 is 2.56 bits per heavy atom. The lowest BCUT2D eigenvalue weighted by Crippen LogP contribution is -2.12. The van der Waals surface area contributed by atoms with E-state index in [0.29, 0.717) is 5.95 Å². The van der Waals surface area contributed by atoms with Gasteiger partial charge in [0.1, 0.15) is 17.0 Å². The van der Waals surface area contributed by atoms with Gasteiger partial charge in [0.25, 0.3) is 0 Å². The van der Waals surface area contributed by atoms with Crippen LogP contribution in [0.25, 0.3) is 28.4 Å². The molecular formula is C19H18N6. The summed E-state index contributed by atoms with van der Waals surface area (Å²) in [5.74, 6) is 0.659. The van der Waals surface area contributed by atoms with Crippen molar-refractivity contribution in [1.82, 2.24) is 24.3 Å². The van der Waals surface area contributed by atoms with E-state index in [-0.39, 0.29) is 0 Å². The highest BCUT2D eigenvalue weighted by molar-refractivity contribution is 5.79. The molecule has 0 N–H and O–H groups in total. The molecule has 4 rings (SSSR count). The van der Waals surface area contributed by atoms with Crippen LogP contribution in [0.2, 0.25) is 0 Å². The van der Waals surface area contributed by atoms with Gasteiger partial charge in [-0.15, -0.1) is 0 Å². The predicted molar refractivity (Wildman–Crippen MR) is 98.5 cm³/mol. The third kappa shape index (κ3) is 2.71. The van der Waals surface area contributed by atoms with Crippen molar-refractivity contribution in [3.8, 4) is 22.8 Å². The van der Waals surface area contributed by atoms with Crippen LogP contribution >= 0.6 is 0 Å². The lowest BCUT2D eigenvalue weighted by atomic mass is 10.1. The number of hydrogen-bond acceptors (Lipinski definition) is 5. The summed E-state index contributed by atoms with van der Waals surface area (Å²) < 4.78 is 2.04. The van der Waals surface area contributed by atoms with Crippen LogP contribution in [0.15, 0.2) is 54.9 Å². The van der Waals surface area contributed by atoms with Crippen molar-refractivity contribution >= 4 is 11.6 Å². The minimum absolute atomic E-state index is 0.659. The molecule has 0 aliphatic carbocycles. The molecule has 0 unspecified atom stereocenters. The number of rotatable bonds is 3. The fraction of sp³-hybridized carbons (Fsp3) is 0.158. The van der Waals surface area contributed by atoms with E-state index in [2.05, 4.69) is 9.97 Å². The zero-order valence-electron chi connectivity index (χ0n) is 14.4. The molecule has 0 saturated carbocycles. The second-order valence-corrected chi connectivity index (χ2v) is 6.04. The summed E-state index contributed by atoms with van der Waals surface area (Å²) in [6, 6.07) is 13.8. The summed E-state index contributed by atoms with van der Waals surface area (Å²) in [6.07, 6.45) is 3.77. The highest BCUT2D eigenvalue weighted by Gasteiger charge is 2.18. The Morgan fingerprint density at radius 1 is 0.880 bits per heavy atom. The van der Waals surface area contributed by atoms with E-state index in [1.54, 1.807) is 6.20 Å². The first kappa shape index (κ1) is 15.3. The predicted octanol–water partition coefficient (Wildman–Crippen LogP) is 3.23. The molecule has 0 aliphatic rings. The van der Waals surface area contributed by atoms with Gasteiger partial charge in [-0.1, -0.05) is 12.1 Å². The van der Waals surface area contributed by atoms with Gasteiger partial charge in [0.05, 0.1) is 11.4 Å². The van der Waals surface area contributed by atoms with Crippen LogP contribution in [0.3, 0.4) is 0 Å². The number of aryl methyl sites for hydroxylation is 1. The second kappa shape index (κ2) is 5.98. The number of nitrogens with zero attached hydrogens (tertiary/aromatic N) is 6. The lowest BCUT2D eigenvalue weighted by Gasteiger charge is -2.11. The summed E-state index contributed by atoms with van der Waals surface area (Å²) in [5.41, 5.74) is 5.20. The molecule has 4 aromatic heterocycles. The number of fused-ring (bicyclic) bond motifs is 1. The molecule has 4 heterocycles. The van der Waals surface area contributed by atoms with Crippen LogP contribution in [0.4, 0.5) is 5.95 Å². The van der Waals surface area contributed by atoms with Crippen molar-refractivity contribution < 1.29 is 0 Å². The molecule has 0 atom stereocenters. The van der Waals surface area contributed by atoms with E-state index in [4.69, 9.17) is 9.97 Å². The molecule has 25 heavy (non-hydrogen) atoms. The third-order valence-electron chi connectivity index (χ3n) is 3.95. The van der Waals surface area contributed by atoms with Gasteiger partial charge in [-0.05, 0) is 37.3 Å². The largest absolute Gasteiger partial charge is 0.347 e. The maximum atomic E-state index is 4.80. The molecular weight excluding hydrogens is 312 g/mol. The van der Waals surface area contributed by atoms with E-state index in [0.717, 1.165) is 34.1 Å². The summed E-state index contributed by atoms with van der Waals surface area (Å²) in [7, 11) is 3.85. The maximum Gasteiger partial charge on any atom is 0.225 e. The normalized spacial score (nSPS) is 11.0. The second-order valence-electron chi connectivity index (χ2n) is 6.04. The van der Waals surface area contributed by atoms with Crippen molar-refractivity contribution in [2.75, 3.05) is 19.0 Å². The molecule has 124 valence electrons. The Labute approximate surface area is 145 Å². The number of hydrogen-bond donors (Lipinski definition) is 0. The van der Waals surface area contributed by atoms with E-state index < -0.39 is 0 Å². The molecule has 0 spiro atoms. The lowest BCUT2D eigenvalue weighted by molar-refractivity contribution is 0.996. The average molecular weight is 330 g/mol. The van der Waals surface area contributed by atoms with Gasteiger partial charge in [-0.2, -0.15) is 0 Å². The maximum absolute atomic E-state index is 4.80. The van der Waals surface area contributed by atoms with Crippen molar-refractivity contribution in [2.24, 2.45) is 0 Å². The Hall–Kier alpha value is -3.28. The van der Waals surface area contributed by atoms with Crippen LogP contribution in [-0.4, -0.2) is 38.4 Å². The highest BCUT2D eigenvalue weighted by atomic mass is 15.2. The molecule has 0 radical (unpaired) electrons. The molecule has 4 aromatic rings. The highest BCUT2D eigenvalue weighted by Crippen LogP contribution is 2.31. The van der Waals surface area contributed by atoms with Crippen molar-refractivity contribution in [3.63, 3.8) is 0 Å². The van der Waals surface area contributed by atoms with Crippen molar-refractivity contribution in [2.45, 2.75) is 6.92 Å². The van der Waals surface area contributed by atoms with E-state index in [1.165, 1.54) is 0 Å².